The summed E-state index contributed by atoms with van der Waals surface area (Å²) in [5, 5.41) is 11.8. The van der Waals surface area contributed by atoms with Crippen LogP contribution in [0.4, 0.5) is 0 Å². The van der Waals surface area contributed by atoms with Crippen LogP contribution in [-0.4, -0.2) is 34.0 Å². The Balaban J connectivity index is 2.30. The second-order valence-corrected chi connectivity index (χ2v) is 7.90. The van der Waals surface area contributed by atoms with E-state index in [1.54, 1.807) is 11.8 Å². The molecule has 1 rings (SSSR count). The van der Waals surface area contributed by atoms with Crippen molar-refractivity contribution in [2.45, 2.75) is 51.2 Å². The molecular formula is C13H23NO3S. The van der Waals surface area contributed by atoms with Crippen molar-refractivity contribution in [1.29, 1.82) is 0 Å². The highest BCUT2D eigenvalue weighted by Crippen LogP contribution is 2.43. The van der Waals surface area contributed by atoms with Gasteiger partial charge in [-0.1, -0.05) is 27.2 Å². The Kier molecular flexibility index (Phi) is 5.08. The molecule has 0 unspecified atom stereocenters. The Morgan fingerprint density at radius 3 is 2.33 bits per heavy atom. The van der Waals surface area contributed by atoms with Gasteiger partial charge in [-0.15, -0.1) is 11.8 Å². The van der Waals surface area contributed by atoms with E-state index in [-0.39, 0.29) is 22.5 Å². The van der Waals surface area contributed by atoms with Gasteiger partial charge in [-0.25, -0.2) is 0 Å². The predicted molar refractivity (Wildman–Crippen MR) is 73.8 cm³/mol. The maximum absolute atomic E-state index is 11.7. The maximum atomic E-state index is 11.7. The van der Waals surface area contributed by atoms with Gasteiger partial charge in [0.25, 0.3) is 0 Å². The van der Waals surface area contributed by atoms with Crippen molar-refractivity contribution in [2.75, 3.05) is 12.3 Å². The van der Waals surface area contributed by atoms with Gasteiger partial charge in [-0.3, -0.25) is 9.59 Å². The molecule has 0 radical (unpaired) electrons. The van der Waals surface area contributed by atoms with Crippen LogP contribution in [-0.2, 0) is 9.59 Å². The van der Waals surface area contributed by atoms with Crippen molar-refractivity contribution in [3.05, 3.63) is 0 Å². The van der Waals surface area contributed by atoms with Crippen LogP contribution in [0.5, 0.6) is 0 Å². The van der Waals surface area contributed by atoms with Crippen molar-refractivity contribution < 1.29 is 14.7 Å². The van der Waals surface area contributed by atoms with Gasteiger partial charge in [0.15, 0.2) is 0 Å². The molecule has 0 bridgehead atoms. The second-order valence-electron chi connectivity index (χ2n) is 6.10. The van der Waals surface area contributed by atoms with Crippen molar-refractivity contribution in [3.8, 4) is 0 Å². The maximum Gasteiger partial charge on any atom is 0.303 e. The highest BCUT2D eigenvalue weighted by atomic mass is 32.2. The summed E-state index contributed by atoms with van der Waals surface area (Å²) in [5.74, 6) is -0.327. The summed E-state index contributed by atoms with van der Waals surface area (Å²) in [7, 11) is 0. The van der Waals surface area contributed by atoms with Crippen molar-refractivity contribution in [2.24, 2.45) is 5.41 Å². The predicted octanol–water partition coefficient (Wildman–Crippen LogP) is 2.28. The number of carbonyl (C=O) groups is 2. The van der Waals surface area contributed by atoms with E-state index < -0.39 is 5.97 Å². The first-order chi connectivity index (χ1) is 8.22. The van der Waals surface area contributed by atoms with Crippen LogP contribution in [0.3, 0.4) is 0 Å². The molecule has 1 fully saturated rings. The lowest BCUT2D eigenvalue weighted by Crippen LogP contribution is -2.44. The monoisotopic (exact) mass is 273 g/mol. The summed E-state index contributed by atoms with van der Waals surface area (Å²) in [4.78, 5) is 22.5. The lowest BCUT2D eigenvalue weighted by atomic mass is 9.66. The molecule has 2 N–H and O–H groups in total. The molecule has 1 aliphatic rings. The molecule has 4 nitrogen and oxygen atoms in total. The van der Waals surface area contributed by atoms with Crippen molar-refractivity contribution >= 4 is 23.6 Å². The molecule has 0 aromatic heterocycles. The molecule has 18 heavy (non-hydrogen) atoms. The number of hydrogen-bond donors (Lipinski definition) is 2. The summed E-state index contributed by atoms with van der Waals surface area (Å²) < 4.78 is 0.0760. The van der Waals surface area contributed by atoms with Gasteiger partial charge < -0.3 is 10.4 Å². The minimum absolute atomic E-state index is 0.00610. The molecule has 1 amide bonds. The number of nitrogens with one attached hydrogen (secondary N) is 1. The first-order valence-corrected chi connectivity index (χ1v) is 7.34. The molecule has 0 saturated heterocycles. The lowest BCUT2D eigenvalue weighted by Gasteiger charge is -2.40. The van der Waals surface area contributed by atoms with E-state index in [0.717, 1.165) is 19.3 Å². The number of carbonyl (C=O) groups excluding carboxylic acids is 1. The first kappa shape index (κ1) is 15.3. The zero-order valence-corrected chi connectivity index (χ0v) is 12.2. The van der Waals surface area contributed by atoms with E-state index in [1.165, 1.54) is 0 Å². The summed E-state index contributed by atoms with van der Waals surface area (Å²) in [6.45, 7) is 6.72. The van der Waals surface area contributed by atoms with E-state index in [4.69, 9.17) is 5.11 Å². The van der Waals surface area contributed by atoms with E-state index >= 15 is 0 Å². The largest absolute Gasteiger partial charge is 0.481 e. The molecule has 104 valence electrons. The van der Waals surface area contributed by atoms with Crippen LogP contribution in [0.2, 0.25) is 0 Å². The highest BCUT2D eigenvalue weighted by Gasteiger charge is 2.39. The topological polar surface area (TPSA) is 66.4 Å². The molecule has 1 saturated carbocycles. The number of thioether (sulfide) groups is 1. The van der Waals surface area contributed by atoms with Crippen molar-refractivity contribution in [3.63, 3.8) is 0 Å². The molecule has 0 aromatic rings. The van der Waals surface area contributed by atoms with Crippen LogP contribution in [0.15, 0.2) is 0 Å². The average molecular weight is 273 g/mol. The number of carboxylic acids is 1. The fraction of sp³-hybridized carbons (Fsp3) is 0.846. The molecular weight excluding hydrogens is 250 g/mol. The van der Waals surface area contributed by atoms with Crippen LogP contribution in [0.25, 0.3) is 0 Å². The zero-order valence-electron chi connectivity index (χ0n) is 11.4. The normalized spacial score (nSPS) is 17.9. The minimum Gasteiger partial charge on any atom is -0.481 e. The van der Waals surface area contributed by atoms with Gasteiger partial charge >= 0.3 is 5.97 Å². The standard InChI is InChI=1S/C13H23NO3S/c1-12(2,3)18-8-10(15)14-9-13(5-4-6-13)7-11(16)17/h4-9H2,1-3H3,(H,14,15)(H,16,17). The number of rotatable bonds is 6. The van der Waals surface area contributed by atoms with Crippen LogP contribution < -0.4 is 5.32 Å². The summed E-state index contributed by atoms with van der Waals surface area (Å²) in [6.07, 6.45) is 3.05. The van der Waals surface area contributed by atoms with Gasteiger partial charge in [0.2, 0.25) is 5.91 Å². The van der Waals surface area contributed by atoms with Gasteiger partial charge in [-0.2, -0.15) is 0 Å². The molecule has 0 aromatic carbocycles. The molecule has 0 heterocycles. The minimum atomic E-state index is -0.770. The quantitative estimate of drug-likeness (QED) is 0.779. The zero-order chi connectivity index (χ0) is 13.8. The summed E-state index contributed by atoms with van der Waals surface area (Å²) in [6, 6.07) is 0. The van der Waals surface area contributed by atoms with E-state index in [0.29, 0.717) is 12.3 Å². The lowest BCUT2D eigenvalue weighted by molar-refractivity contribution is -0.141. The van der Waals surface area contributed by atoms with E-state index in [1.807, 2.05) is 0 Å². The highest BCUT2D eigenvalue weighted by molar-refractivity contribution is 8.01. The molecule has 0 spiro atoms. The van der Waals surface area contributed by atoms with E-state index in [9.17, 15) is 9.59 Å². The number of aliphatic carboxylic acids is 1. The first-order valence-electron chi connectivity index (χ1n) is 6.35. The Hall–Kier alpha value is -0.710. The SMILES string of the molecule is CC(C)(C)SCC(=O)NCC1(CC(=O)O)CCC1. The Morgan fingerprint density at radius 1 is 1.33 bits per heavy atom. The van der Waals surface area contributed by atoms with Crippen LogP contribution in [0, 0.1) is 5.41 Å². The van der Waals surface area contributed by atoms with Gasteiger partial charge in [0.05, 0.1) is 12.2 Å². The molecule has 0 atom stereocenters. The van der Waals surface area contributed by atoms with Gasteiger partial charge in [-0.05, 0) is 18.3 Å². The number of hydrogen-bond acceptors (Lipinski definition) is 3. The molecule has 0 aliphatic heterocycles. The third-order valence-corrected chi connectivity index (χ3v) is 4.51. The fourth-order valence-corrected chi connectivity index (χ4v) is 2.70. The van der Waals surface area contributed by atoms with Crippen molar-refractivity contribution in [1.82, 2.24) is 5.32 Å². The number of carboxylic acid groups (broad SMARTS) is 1. The fourth-order valence-electron chi connectivity index (χ4n) is 2.03. The smallest absolute Gasteiger partial charge is 0.303 e. The number of amides is 1. The average Bonchev–Trinajstić information content (AvgIpc) is 2.17. The third kappa shape index (κ3) is 5.29. The summed E-state index contributed by atoms with van der Waals surface area (Å²) >= 11 is 1.60. The third-order valence-electron chi connectivity index (χ3n) is 3.24. The Morgan fingerprint density at radius 2 is 1.94 bits per heavy atom. The van der Waals surface area contributed by atoms with Gasteiger partial charge in [0, 0.05) is 11.3 Å². The molecule has 5 heteroatoms. The van der Waals surface area contributed by atoms with E-state index in [2.05, 4.69) is 26.1 Å². The van der Waals surface area contributed by atoms with Gasteiger partial charge in [0.1, 0.15) is 0 Å². The second kappa shape index (κ2) is 5.95. The Labute approximate surface area is 113 Å². The summed E-state index contributed by atoms with van der Waals surface area (Å²) in [5.41, 5.74) is -0.187. The van der Waals surface area contributed by atoms with Crippen LogP contribution in [0.1, 0.15) is 46.5 Å². The Bertz CT molecular complexity index is 319. The molecule has 1 aliphatic carbocycles. The van der Waals surface area contributed by atoms with Crippen LogP contribution >= 0.6 is 11.8 Å².